The zero-order valence-corrected chi connectivity index (χ0v) is 19.7. The first kappa shape index (κ1) is 22.3. The first-order chi connectivity index (χ1) is 15.9. The second-order valence-electron chi connectivity index (χ2n) is 8.61. The van der Waals surface area contributed by atoms with Crippen molar-refractivity contribution in [2.75, 3.05) is 19.6 Å². The van der Waals surface area contributed by atoms with Crippen LogP contribution in [0.5, 0.6) is 0 Å². The Balaban J connectivity index is 1.44. The Morgan fingerprint density at radius 3 is 2.82 bits per heavy atom. The quantitative estimate of drug-likeness (QED) is 0.570. The number of halogens is 3. The molecule has 1 amide bonds. The zero-order chi connectivity index (χ0) is 23.1. The lowest BCUT2D eigenvalue weighted by Crippen LogP contribution is -2.45. The summed E-state index contributed by atoms with van der Waals surface area (Å²) in [5, 5.41) is 12.6. The summed E-state index contributed by atoms with van der Waals surface area (Å²) in [5.41, 5.74) is 3.44. The van der Waals surface area contributed by atoms with Gasteiger partial charge in [0.15, 0.2) is 5.82 Å². The van der Waals surface area contributed by atoms with Gasteiger partial charge in [0.2, 0.25) is 5.91 Å². The fourth-order valence-corrected chi connectivity index (χ4v) is 5.26. The number of hydrogen-bond donors (Lipinski definition) is 1. The van der Waals surface area contributed by atoms with Crippen LogP contribution in [0.1, 0.15) is 43.4 Å². The smallest absolute Gasteiger partial charge is 0.239 e. The van der Waals surface area contributed by atoms with Crippen molar-refractivity contribution in [3.63, 3.8) is 0 Å². The Morgan fingerprint density at radius 2 is 2.12 bits per heavy atom. The van der Waals surface area contributed by atoms with Gasteiger partial charge >= 0.3 is 0 Å². The monoisotopic (exact) mass is 487 g/mol. The van der Waals surface area contributed by atoms with E-state index in [0.717, 1.165) is 36.1 Å². The Bertz CT molecular complexity index is 1250. The van der Waals surface area contributed by atoms with Crippen LogP contribution in [0.2, 0.25) is 10.0 Å². The molecular formula is C24H24Cl2FN5O. The molecule has 1 unspecified atom stereocenters. The summed E-state index contributed by atoms with van der Waals surface area (Å²) < 4.78 is 16.6. The van der Waals surface area contributed by atoms with E-state index in [1.807, 2.05) is 30.0 Å². The molecule has 172 valence electrons. The molecule has 6 nitrogen and oxygen atoms in total. The maximum atomic E-state index is 15.0. The fourth-order valence-electron chi connectivity index (χ4n) is 4.69. The van der Waals surface area contributed by atoms with Gasteiger partial charge in [-0.15, -0.1) is 5.10 Å². The molecule has 2 aromatic carbocycles. The molecule has 0 spiro atoms. The average Bonchev–Trinajstić information content (AvgIpc) is 3.49. The number of aromatic nitrogens is 3. The van der Waals surface area contributed by atoms with Crippen LogP contribution in [-0.4, -0.2) is 51.5 Å². The lowest BCUT2D eigenvalue weighted by Gasteiger charge is -2.29. The molecule has 1 N–H and O–H groups in total. The predicted octanol–water partition coefficient (Wildman–Crippen LogP) is 4.85. The van der Waals surface area contributed by atoms with Gasteiger partial charge in [0.05, 0.1) is 17.6 Å². The highest BCUT2D eigenvalue weighted by Gasteiger charge is 2.28. The highest BCUT2D eigenvalue weighted by molar-refractivity contribution is 6.35. The SMILES string of the molecule is C[C@H](c1ccc(Cl)cc1Cl)n1nnc2c(F)cc(C3=CCN(C(=O)C4CCCN4)CC3)cc21. The van der Waals surface area contributed by atoms with E-state index in [1.165, 1.54) is 6.07 Å². The van der Waals surface area contributed by atoms with Crippen molar-refractivity contribution in [1.29, 1.82) is 0 Å². The number of hydrogen-bond acceptors (Lipinski definition) is 4. The molecule has 1 aromatic heterocycles. The highest BCUT2D eigenvalue weighted by Crippen LogP contribution is 2.32. The van der Waals surface area contributed by atoms with Gasteiger partial charge in [-0.25, -0.2) is 9.07 Å². The summed E-state index contributed by atoms with van der Waals surface area (Å²) in [6.45, 7) is 3.98. The van der Waals surface area contributed by atoms with Crippen LogP contribution in [0.4, 0.5) is 4.39 Å². The Morgan fingerprint density at radius 1 is 1.27 bits per heavy atom. The average molecular weight is 488 g/mol. The minimum absolute atomic E-state index is 0.0738. The molecule has 3 heterocycles. The molecule has 3 aromatic rings. The topological polar surface area (TPSA) is 63.1 Å². The third kappa shape index (κ3) is 4.25. The van der Waals surface area contributed by atoms with E-state index in [9.17, 15) is 9.18 Å². The van der Waals surface area contributed by atoms with Crippen LogP contribution in [-0.2, 0) is 4.79 Å². The van der Waals surface area contributed by atoms with Crippen LogP contribution in [0.3, 0.4) is 0 Å². The van der Waals surface area contributed by atoms with Crippen molar-refractivity contribution < 1.29 is 9.18 Å². The molecule has 0 bridgehead atoms. The van der Waals surface area contributed by atoms with Crippen LogP contribution in [0.25, 0.3) is 16.6 Å². The lowest BCUT2D eigenvalue weighted by atomic mass is 9.98. The Hall–Kier alpha value is -2.48. The van der Waals surface area contributed by atoms with Crippen molar-refractivity contribution in [2.24, 2.45) is 0 Å². The number of amides is 1. The van der Waals surface area contributed by atoms with E-state index in [1.54, 1.807) is 16.8 Å². The molecule has 2 aliphatic rings. The summed E-state index contributed by atoms with van der Waals surface area (Å²) in [6, 6.07) is 8.38. The zero-order valence-electron chi connectivity index (χ0n) is 18.2. The Kier molecular flexibility index (Phi) is 6.12. The van der Waals surface area contributed by atoms with Crippen LogP contribution >= 0.6 is 23.2 Å². The molecule has 0 radical (unpaired) electrons. The van der Waals surface area contributed by atoms with Crippen LogP contribution in [0.15, 0.2) is 36.4 Å². The van der Waals surface area contributed by atoms with E-state index < -0.39 is 5.82 Å². The van der Waals surface area contributed by atoms with Gasteiger partial charge in [0.25, 0.3) is 0 Å². The lowest BCUT2D eigenvalue weighted by molar-refractivity contribution is -0.132. The van der Waals surface area contributed by atoms with E-state index in [2.05, 4.69) is 15.6 Å². The number of carbonyl (C=O) groups excluding carboxylic acids is 1. The number of rotatable bonds is 4. The minimum Gasteiger partial charge on any atom is -0.337 e. The molecule has 33 heavy (non-hydrogen) atoms. The third-order valence-corrected chi connectivity index (χ3v) is 7.12. The van der Waals surface area contributed by atoms with Gasteiger partial charge in [-0.2, -0.15) is 0 Å². The van der Waals surface area contributed by atoms with Gasteiger partial charge in [-0.1, -0.05) is 40.6 Å². The van der Waals surface area contributed by atoms with Crippen molar-refractivity contribution in [3.05, 3.63) is 63.4 Å². The second kappa shape index (κ2) is 9.05. The van der Waals surface area contributed by atoms with E-state index in [4.69, 9.17) is 23.2 Å². The molecule has 5 rings (SSSR count). The predicted molar refractivity (Wildman–Crippen MR) is 128 cm³/mol. The van der Waals surface area contributed by atoms with Crippen LogP contribution in [0, 0.1) is 5.82 Å². The third-order valence-electron chi connectivity index (χ3n) is 6.56. The molecule has 1 fully saturated rings. The first-order valence-corrected chi connectivity index (χ1v) is 11.9. The molecule has 0 aliphatic carbocycles. The van der Waals surface area contributed by atoms with Crippen molar-refractivity contribution in [1.82, 2.24) is 25.2 Å². The van der Waals surface area contributed by atoms with Gasteiger partial charge in [0.1, 0.15) is 5.52 Å². The van der Waals surface area contributed by atoms with Gasteiger partial charge in [-0.3, -0.25) is 4.79 Å². The second-order valence-corrected chi connectivity index (χ2v) is 9.46. The first-order valence-electron chi connectivity index (χ1n) is 11.1. The van der Waals surface area contributed by atoms with Crippen molar-refractivity contribution >= 4 is 45.7 Å². The standard InChI is InChI=1S/C24H24Cl2FN5O/c1-14(18-5-4-17(25)13-19(18)26)32-22-12-16(11-20(27)23(22)29-30-32)15-6-9-31(10-7-15)24(33)21-3-2-8-28-21/h4-6,11-14,21,28H,2-3,7-10H2,1H3/t14-,21?/m1/s1. The van der Waals surface area contributed by atoms with Gasteiger partial charge in [-0.05, 0) is 73.7 Å². The summed E-state index contributed by atoms with van der Waals surface area (Å²) >= 11 is 12.4. The molecular weight excluding hydrogens is 464 g/mol. The van der Waals surface area contributed by atoms with E-state index >= 15 is 0 Å². The number of benzene rings is 2. The van der Waals surface area contributed by atoms with Crippen molar-refractivity contribution in [3.8, 4) is 0 Å². The molecule has 0 saturated carbocycles. The number of nitrogens with zero attached hydrogens (tertiary/aromatic N) is 4. The van der Waals surface area contributed by atoms with Gasteiger partial charge < -0.3 is 10.2 Å². The summed E-state index contributed by atoms with van der Waals surface area (Å²) in [4.78, 5) is 14.5. The molecule has 2 atom stereocenters. The summed E-state index contributed by atoms with van der Waals surface area (Å²) in [6.07, 6.45) is 4.61. The van der Waals surface area contributed by atoms with E-state index in [-0.39, 0.29) is 23.5 Å². The normalized spacial score (nSPS) is 19.7. The molecule has 9 heteroatoms. The minimum atomic E-state index is -0.419. The van der Waals surface area contributed by atoms with E-state index in [0.29, 0.717) is 35.1 Å². The molecule has 2 aliphatic heterocycles. The Labute approximate surface area is 201 Å². The van der Waals surface area contributed by atoms with Gasteiger partial charge in [0, 0.05) is 23.1 Å². The highest BCUT2D eigenvalue weighted by atomic mass is 35.5. The number of nitrogens with one attached hydrogen (secondary N) is 1. The maximum absolute atomic E-state index is 15.0. The molecule has 1 saturated heterocycles. The van der Waals surface area contributed by atoms with Crippen molar-refractivity contribution in [2.45, 2.75) is 38.3 Å². The summed E-state index contributed by atoms with van der Waals surface area (Å²) in [7, 11) is 0. The number of fused-ring (bicyclic) bond motifs is 1. The maximum Gasteiger partial charge on any atom is 0.239 e. The fraction of sp³-hybridized carbons (Fsp3) is 0.375. The largest absolute Gasteiger partial charge is 0.337 e. The number of carbonyl (C=O) groups is 1. The summed E-state index contributed by atoms with van der Waals surface area (Å²) in [5.74, 6) is -0.266. The van der Waals surface area contributed by atoms with Crippen LogP contribution < -0.4 is 5.32 Å².